The van der Waals surface area contributed by atoms with E-state index in [0.717, 1.165) is 36.4 Å². The van der Waals surface area contributed by atoms with E-state index in [9.17, 15) is 14.4 Å². The van der Waals surface area contributed by atoms with Crippen molar-refractivity contribution in [2.45, 2.75) is 31.1 Å². The van der Waals surface area contributed by atoms with Crippen LogP contribution in [0.4, 0.5) is 10.1 Å². The highest BCUT2D eigenvalue weighted by molar-refractivity contribution is 6.30. The molecule has 4 rings (SSSR count). The molecule has 0 aromatic heterocycles. The summed E-state index contributed by atoms with van der Waals surface area (Å²) in [6, 6.07) is 14.3. The third-order valence-corrected chi connectivity index (χ3v) is 6.41. The topological polar surface area (TPSA) is 56.1 Å². The number of hydrogen-bond donors (Lipinski definition) is 1. The smallest absolute Gasteiger partial charge is 0.223 e. The number of hydrogen-bond acceptors (Lipinski definition) is 3. The van der Waals surface area contributed by atoms with Gasteiger partial charge in [-0.3, -0.25) is 4.79 Å². The first-order valence-corrected chi connectivity index (χ1v) is 10.4. The van der Waals surface area contributed by atoms with Crippen molar-refractivity contribution < 1.29 is 9.18 Å². The highest BCUT2D eigenvalue weighted by Gasteiger charge is 2.44. The molecule has 1 amide bonds. The van der Waals surface area contributed by atoms with Gasteiger partial charge in [0.25, 0.3) is 0 Å². The Morgan fingerprint density at radius 3 is 2.66 bits per heavy atom. The van der Waals surface area contributed by atoms with E-state index in [1.54, 1.807) is 6.07 Å². The zero-order valence-electron chi connectivity index (χ0n) is 16.1. The summed E-state index contributed by atoms with van der Waals surface area (Å²) in [5, 5.41) is 13.1. The summed E-state index contributed by atoms with van der Waals surface area (Å²) >= 11 is 6.12. The number of halogens is 2. The molecule has 1 aliphatic heterocycles. The van der Waals surface area contributed by atoms with Gasteiger partial charge in [-0.25, -0.2) is 4.39 Å². The molecule has 0 spiro atoms. The maximum absolute atomic E-state index is 13.4. The zero-order chi connectivity index (χ0) is 20.4. The lowest BCUT2D eigenvalue weighted by atomic mass is 9.93. The SMILES string of the molecule is N#Cc1cc(F)ccc1N1CCC(C(=O)NCC2(c3cccc(Cl)c3)CC2)CC1. The van der Waals surface area contributed by atoms with Crippen LogP contribution in [0.25, 0.3) is 0 Å². The number of carbonyl (C=O) groups is 1. The number of nitrogens with one attached hydrogen (secondary N) is 1. The Morgan fingerprint density at radius 1 is 1.24 bits per heavy atom. The minimum atomic E-state index is -0.409. The molecule has 6 heteroatoms. The lowest BCUT2D eigenvalue weighted by Crippen LogP contribution is -2.42. The van der Waals surface area contributed by atoms with Crippen LogP contribution in [0.2, 0.25) is 5.02 Å². The summed E-state index contributed by atoms with van der Waals surface area (Å²) in [6.45, 7) is 2.00. The minimum absolute atomic E-state index is 0.0249. The van der Waals surface area contributed by atoms with E-state index in [2.05, 4.69) is 22.4 Å². The second kappa shape index (κ2) is 8.04. The van der Waals surface area contributed by atoms with E-state index in [1.807, 2.05) is 18.2 Å². The molecule has 2 fully saturated rings. The fourth-order valence-electron chi connectivity index (χ4n) is 4.19. The number of amides is 1. The molecule has 0 atom stereocenters. The highest BCUT2D eigenvalue weighted by Crippen LogP contribution is 2.48. The van der Waals surface area contributed by atoms with Crippen LogP contribution in [0, 0.1) is 23.1 Å². The molecule has 0 unspecified atom stereocenters. The fourth-order valence-corrected chi connectivity index (χ4v) is 4.38. The van der Waals surface area contributed by atoms with Gasteiger partial charge in [-0.1, -0.05) is 23.7 Å². The fraction of sp³-hybridized carbons (Fsp3) is 0.391. The molecule has 1 heterocycles. The number of benzene rings is 2. The van der Waals surface area contributed by atoms with Gasteiger partial charge in [0.05, 0.1) is 11.3 Å². The summed E-state index contributed by atoms with van der Waals surface area (Å²) in [5.41, 5.74) is 2.30. The van der Waals surface area contributed by atoms with Gasteiger partial charge in [-0.05, 0) is 61.6 Å². The Hall–Kier alpha value is -2.58. The standard InChI is InChI=1S/C23H23ClFN3O/c24-19-3-1-2-18(13-19)23(8-9-23)15-27-22(29)16-6-10-28(11-7-16)21-5-4-20(25)12-17(21)14-26/h1-5,12-13,16H,6-11,15H2,(H,27,29). The molecule has 150 valence electrons. The molecule has 1 saturated heterocycles. The highest BCUT2D eigenvalue weighted by atomic mass is 35.5. The summed E-state index contributed by atoms with van der Waals surface area (Å²) in [5.74, 6) is -0.349. The maximum atomic E-state index is 13.4. The molecule has 1 saturated carbocycles. The van der Waals surface area contributed by atoms with Gasteiger partial charge in [0.15, 0.2) is 0 Å². The second-order valence-corrected chi connectivity index (χ2v) is 8.48. The third kappa shape index (κ3) is 4.23. The number of rotatable bonds is 5. The van der Waals surface area contributed by atoms with Crippen LogP contribution in [0.15, 0.2) is 42.5 Å². The van der Waals surface area contributed by atoms with Crippen molar-refractivity contribution in [1.29, 1.82) is 5.26 Å². The van der Waals surface area contributed by atoms with E-state index in [4.69, 9.17) is 11.6 Å². The maximum Gasteiger partial charge on any atom is 0.223 e. The Morgan fingerprint density at radius 2 is 2.00 bits per heavy atom. The largest absolute Gasteiger partial charge is 0.370 e. The number of nitriles is 1. The van der Waals surface area contributed by atoms with Gasteiger partial charge < -0.3 is 10.2 Å². The number of anilines is 1. The van der Waals surface area contributed by atoms with Crippen molar-refractivity contribution in [3.05, 3.63) is 64.4 Å². The molecule has 4 nitrogen and oxygen atoms in total. The van der Waals surface area contributed by atoms with Crippen molar-refractivity contribution in [3.63, 3.8) is 0 Å². The summed E-state index contributed by atoms with van der Waals surface area (Å²) < 4.78 is 13.4. The molecule has 2 aromatic rings. The predicted molar refractivity (Wildman–Crippen MR) is 111 cm³/mol. The van der Waals surface area contributed by atoms with E-state index in [-0.39, 0.29) is 17.2 Å². The van der Waals surface area contributed by atoms with Crippen molar-refractivity contribution in [1.82, 2.24) is 5.32 Å². The van der Waals surface area contributed by atoms with Gasteiger partial charge in [-0.15, -0.1) is 0 Å². The summed E-state index contributed by atoms with van der Waals surface area (Å²) in [7, 11) is 0. The van der Waals surface area contributed by atoms with E-state index < -0.39 is 5.82 Å². The first-order valence-electron chi connectivity index (χ1n) is 9.99. The molecule has 29 heavy (non-hydrogen) atoms. The Labute approximate surface area is 175 Å². The summed E-state index contributed by atoms with van der Waals surface area (Å²) in [6.07, 6.45) is 3.57. The van der Waals surface area contributed by atoms with Gasteiger partial charge >= 0.3 is 0 Å². The van der Waals surface area contributed by atoms with Crippen LogP contribution >= 0.6 is 11.6 Å². The Bertz CT molecular complexity index is 959. The number of carbonyl (C=O) groups excluding carboxylic acids is 1. The van der Waals surface area contributed by atoms with E-state index >= 15 is 0 Å². The lowest BCUT2D eigenvalue weighted by Gasteiger charge is -2.33. The third-order valence-electron chi connectivity index (χ3n) is 6.18. The van der Waals surface area contributed by atoms with Gasteiger partial charge in [0, 0.05) is 36.0 Å². The van der Waals surface area contributed by atoms with Crippen molar-refractivity contribution in [2.24, 2.45) is 5.92 Å². The van der Waals surface area contributed by atoms with E-state index in [0.29, 0.717) is 25.2 Å². The minimum Gasteiger partial charge on any atom is -0.370 e. The molecule has 2 aromatic carbocycles. The number of nitrogens with zero attached hydrogens (tertiary/aromatic N) is 2. The van der Waals surface area contributed by atoms with Crippen LogP contribution in [0.1, 0.15) is 36.8 Å². The van der Waals surface area contributed by atoms with Crippen LogP contribution in [-0.2, 0) is 10.2 Å². The molecule has 1 N–H and O–H groups in total. The van der Waals surface area contributed by atoms with Gasteiger partial charge in [0.1, 0.15) is 11.9 Å². The Balaban J connectivity index is 1.33. The second-order valence-electron chi connectivity index (χ2n) is 8.04. The van der Waals surface area contributed by atoms with Crippen LogP contribution < -0.4 is 10.2 Å². The first-order chi connectivity index (χ1) is 14.0. The zero-order valence-corrected chi connectivity index (χ0v) is 16.9. The van der Waals surface area contributed by atoms with E-state index in [1.165, 1.54) is 17.7 Å². The molecule has 0 bridgehead atoms. The average Bonchev–Trinajstić information content (AvgIpc) is 3.53. The summed E-state index contributed by atoms with van der Waals surface area (Å²) in [4.78, 5) is 14.8. The quantitative estimate of drug-likeness (QED) is 0.792. The van der Waals surface area contributed by atoms with Crippen LogP contribution in [-0.4, -0.2) is 25.5 Å². The molecule has 2 aliphatic rings. The number of piperidine rings is 1. The lowest BCUT2D eigenvalue weighted by molar-refractivity contribution is -0.125. The van der Waals surface area contributed by atoms with Crippen molar-refractivity contribution >= 4 is 23.2 Å². The molecular weight excluding hydrogens is 389 g/mol. The molecular formula is C23H23ClFN3O. The normalized spacial score (nSPS) is 18.2. The van der Waals surface area contributed by atoms with Crippen LogP contribution in [0.3, 0.4) is 0 Å². The monoisotopic (exact) mass is 411 g/mol. The van der Waals surface area contributed by atoms with Crippen molar-refractivity contribution in [2.75, 3.05) is 24.5 Å². The van der Waals surface area contributed by atoms with Gasteiger partial charge in [0.2, 0.25) is 5.91 Å². The predicted octanol–water partition coefficient (Wildman–Crippen LogP) is 4.42. The van der Waals surface area contributed by atoms with Crippen molar-refractivity contribution in [3.8, 4) is 6.07 Å². The van der Waals surface area contributed by atoms with Crippen LogP contribution in [0.5, 0.6) is 0 Å². The molecule has 1 aliphatic carbocycles. The van der Waals surface area contributed by atoms with Gasteiger partial charge in [-0.2, -0.15) is 5.26 Å². The average molecular weight is 412 g/mol. The Kier molecular flexibility index (Phi) is 5.47. The molecule has 0 radical (unpaired) electrons. The first kappa shape index (κ1) is 19.7.